The van der Waals surface area contributed by atoms with Crippen LogP contribution in [0.3, 0.4) is 0 Å². The van der Waals surface area contributed by atoms with Crippen molar-refractivity contribution < 1.29 is 4.79 Å². The maximum atomic E-state index is 12.8. The Hall–Kier alpha value is -0.770. The third-order valence-corrected chi connectivity index (χ3v) is 5.58. The molecule has 1 aromatic carbocycles. The number of carbonyl (C=O) groups excluding carboxylic acids is 1. The van der Waals surface area contributed by atoms with E-state index in [1.807, 2.05) is 36.2 Å². The van der Waals surface area contributed by atoms with Gasteiger partial charge in [0.1, 0.15) is 0 Å². The van der Waals surface area contributed by atoms with Crippen LogP contribution in [0.2, 0.25) is 5.02 Å². The number of nitrogens with one attached hydrogen (secondary N) is 1. The van der Waals surface area contributed by atoms with Crippen LogP contribution in [0.4, 0.5) is 0 Å². The standard InChI is InChI=1S/C17H23ClN2O.ClH/c1-12(13-4-3-5-14(18)10-13)20(2)16(21)15-11-17(15)6-8-19-9-7-17;/h3-5,10,12,15,19H,6-9,11H2,1-2H3;1H. The number of hydrogen-bond donors (Lipinski definition) is 1. The van der Waals surface area contributed by atoms with Crippen molar-refractivity contribution >= 4 is 29.9 Å². The molecule has 1 spiro atoms. The minimum atomic E-state index is 0. The van der Waals surface area contributed by atoms with E-state index in [9.17, 15) is 4.79 Å². The molecule has 5 heteroatoms. The monoisotopic (exact) mass is 342 g/mol. The molecule has 0 bridgehead atoms. The van der Waals surface area contributed by atoms with Gasteiger partial charge in [0, 0.05) is 18.0 Å². The van der Waals surface area contributed by atoms with E-state index >= 15 is 0 Å². The van der Waals surface area contributed by atoms with Gasteiger partial charge in [-0.15, -0.1) is 12.4 Å². The molecule has 22 heavy (non-hydrogen) atoms. The van der Waals surface area contributed by atoms with Crippen molar-refractivity contribution in [3.05, 3.63) is 34.9 Å². The van der Waals surface area contributed by atoms with Crippen molar-refractivity contribution in [3.63, 3.8) is 0 Å². The highest BCUT2D eigenvalue weighted by Gasteiger charge is 2.58. The summed E-state index contributed by atoms with van der Waals surface area (Å²) in [4.78, 5) is 14.6. The zero-order valence-corrected chi connectivity index (χ0v) is 14.7. The van der Waals surface area contributed by atoms with Gasteiger partial charge in [0.25, 0.3) is 0 Å². The molecule has 2 unspecified atom stereocenters. The summed E-state index contributed by atoms with van der Waals surface area (Å²) in [5, 5.41) is 4.11. The molecule has 1 saturated carbocycles. The van der Waals surface area contributed by atoms with E-state index in [1.54, 1.807) is 0 Å². The molecule has 2 atom stereocenters. The van der Waals surface area contributed by atoms with E-state index in [-0.39, 0.29) is 24.4 Å². The smallest absolute Gasteiger partial charge is 0.226 e. The Balaban J connectivity index is 0.00000176. The molecule has 1 aliphatic carbocycles. The van der Waals surface area contributed by atoms with E-state index in [4.69, 9.17) is 11.6 Å². The maximum Gasteiger partial charge on any atom is 0.226 e. The van der Waals surface area contributed by atoms with Gasteiger partial charge in [-0.05, 0) is 62.4 Å². The predicted octanol–water partition coefficient (Wildman–Crippen LogP) is 3.67. The van der Waals surface area contributed by atoms with Gasteiger partial charge < -0.3 is 10.2 Å². The predicted molar refractivity (Wildman–Crippen MR) is 92.5 cm³/mol. The summed E-state index contributed by atoms with van der Waals surface area (Å²) in [5.41, 5.74) is 1.39. The summed E-state index contributed by atoms with van der Waals surface area (Å²) in [5.74, 6) is 0.524. The lowest BCUT2D eigenvalue weighted by Crippen LogP contribution is -2.35. The molecule has 1 aromatic rings. The highest BCUT2D eigenvalue weighted by atomic mass is 35.5. The molecule has 3 rings (SSSR count). The van der Waals surface area contributed by atoms with Crippen LogP contribution in [0.1, 0.15) is 37.8 Å². The average molecular weight is 343 g/mol. The van der Waals surface area contributed by atoms with Crippen molar-refractivity contribution in [1.82, 2.24) is 10.2 Å². The van der Waals surface area contributed by atoms with Gasteiger partial charge in [-0.2, -0.15) is 0 Å². The molecule has 3 nitrogen and oxygen atoms in total. The summed E-state index contributed by atoms with van der Waals surface area (Å²) < 4.78 is 0. The van der Waals surface area contributed by atoms with Gasteiger partial charge in [0.05, 0.1) is 6.04 Å². The topological polar surface area (TPSA) is 32.3 Å². The van der Waals surface area contributed by atoms with Gasteiger partial charge >= 0.3 is 0 Å². The first kappa shape index (κ1) is 17.6. The Morgan fingerprint density at radius 3 is 2.73 bits per heavy atom. The first-order chi connectivity index (χ1) is 10.0. The fourth-order valence-corrected chi connectivity index (χ4v) is 3.80. The molecule has 1 aliphatic heterocycles. The van der Waals surface area contributed by atoms with Gasteiger partial charge in [0.15, 0.2) is 0 Å². The lowest BCUT2D eigenvalue weighted by atomic mass is 9.91. The normalized spacial score (nSPS) is 23.5. The van der Waals surface area contributed by atoms with E-state index in [2.05, 4.69) is 12.2 Å². The second-order valence-electron chi connectivity index (χ2n) is 6.55. The molecule has 2 aliphatic rings. The molecule has 2 fully saturated rings. The molecular formula is C17H24Cl2N2O. The van der Waals surface area contributed by atoms with Crippen molar-refractivity contribution in [2.75, 3.05) is 20.1 Å². The Labute approximate surface area is 143 Å². The summed E-state index contributed by atoms with van der Waals surface area (Å²) in [6.07, 6.45) is 3.35. The fraction of sp³-hybridized carbons (Fsp3) is 0.588. The summed E-state index contributed by atoms with van der Waals surface area (Å²) in [6.45, 7) is 4.18. The number of benzene rings is 1. The number of rotatable bonds is 3. The van der Waals surface area contributed by atoms with Crippen LogP contribution in [0.15, 0.2) is 24.3 Å². The van der Waals surface area contributed by atoms with Crippen molar-refractivity contribution in [3.8, 4) is 0 Å². The number of hydrogen-bond acceptors (Lipinski definition) is 2. The second kappa shape index (κ2) is 6.77. The fourth-order valence-electron chi connectivity index (χ4n) is 3.60. The first-order valence-electron chi connectivity index (χ1n) is 7.76. The Morgan fingerprint density at radius 2 is 2.09 bits per heavy atom. The van der Waals surface area contributed by atoms with Gasteiger partial charge in [0.2, 0.25) is 5.91 Å². The van der Waals surface area contributed by atoms with E-state index in [0.717, 1.165) is 42.9 Å². The second-order valence-corrected chi connectivity index (χ2v) is 6.99. The van der Waals surface area contributed by atoms with Crippen LogP contribution in [0.25, 0.3) is 0 Å². The average Bonchev–Trinajstić information content (AvgIpc) is 3.19. The van der Waals surface area contributed by atoms with Crippen LogP contribution in [-0.2, 0) is 4.79 Å². The quantitative estimate of drug-likeness (QED) is 0.908. The molecule has 1 amide bonds. The highest BCUT2D eigenvalue weighted by Crippen LogP contribution is 2.59. The van der Waals surface area contributed by atoms with Crippen molar-refractivity contribution in [2.24, 2.45) is 11.3 Å². The SMILES string of the molecule is CC(c1cccc(Cl)c1)N(C)C(=O)C1CC12CCNCC2.Cl. The summed E-state index contributed by atoms with van der Waals surface area (Å²) in [6, 6.07) is 7.86. The van der Waals surface area contributed by atoms with Gasteiger partial charge in [-0.1, -0.05) is 23.7 Å². The van der Waals surface area contributed by atoms with Crippen molar-refractivity contribution in [2.45, 2.75) is 32.2 Å². The summed E-state index contributed by atoms with van der Waals surface area (Å²) >= 11 is 6.05. The zero-order valence-electron chi connectivity index (χ0n) is 13.1. The van der Waals surface area contributed by atoms with Gasteiger partial charge in [-0.25, -0.2) is 0 Å². The first-order valence-corrected chi connectivity index (χ1v) is 8.14. The Bertz CT molecular complexity index is 543. The highest BCUT2D eigenvalue weighted by molar-refractivity contribution is 6.30. The Morgan fingerprint density at radius 1 is 1.41 bits per heavy atom. The van der Waals surface area contributed by atoms with Crippen molar-refractivity contribution in [1.29, 1.82) is 0 Å². The van der Waals surface area contributed by atoms with Gasteiger partial charge in [-0.3, -0.25) is 4.79 Å². The lowest BCUT2D eigenvalue weighted by molar-refractivity contribution is -0.134. The molecule has 122 valence electrons. The third kappa shape index (κ3) is 3.27. The minimum absolute atomic E-state index is 0. The number of halogens is 2. The molecule has 1 saturated heterocycles. The van der Waals surface area contributed by atoms with Crippen LogP contribution >= 0.6 is 24.0 Å². The lowest BCUT2D eigenvalue weighted by Gasteiger charge is -2.28. The van der Waals surface area contributed by atoms with E-state index in [1.165, 1.54) is 0 Å². The zero-order chi connectivity index (χ0) is 15.0. The summed E-state index contributed by atoms with van der Waals surface area (Å²) in [7, 11) is 1.92. The van der Waals surface area contributed by atoms with Crippen LogP contribution in [0.5, 0.6) is 0 Å². The van der Waals surface area contributed by atoms with Crippen LogP contribution in [0, 0.1) is 11.3 Å². The van der Waals surface area contributed by atoms with E-state index < -0.39 is 0 Å². The number of amides is 1. The number of piperidine rings is 1. The largest absolute Gasteiger partial charge is 0.339 e. The van der Waals surface area contributed by atoms with Crippen LogP contribution in [-0.4, -0.2) is 30.9 Å². The minimum Gasteiger partial charge on any atom is -0.339 e. The number of carbonyl (C=O) groups is 1. The van der Waals surface area contributed by atoms with E-state index in [0.29, 0.717) is 11.3 Å². The molecule has 1 heterocycles. The molecule has 0 radical (unpaired) electrons. The maximum absolute atomic E-state index is 12.8. The Kier molecular flexibility index (Phi) is 5.41. The molecule has 0 aromatic heterocycles. The molecular weight excluding hydrogens is 319 g/mol. The van der Waals surface area contributed by atoms with Crippen LogP contribution < -0.4 is 5.32 Å². The number of nitrogens with zero attached hydrogens (tertiary/aromatic N) is 1. The third-order valence-electron chi connectivity index (χ3n) is 5.35. The molecule has 1 N–H and O–H groups in total.